The Morgan fingerprint density at radius 1 is 0.621 bits per heavy atom. The molecular weight excluding hydrogens is 372 g/mol. The number of ether oxygens (including phenoxy) is 2. The van der Waals surface area contributed by atoms with Crippen LogP contribution >= 0.6 is 0 Å². The average Bonchev–Trinajstić information content (AvgIpc) is 3.44. The van der Waals surface area contributed by atoms with Crippen molar-refractivity contribution in [2.75, 3.05) is 14.2 Å². The van der Waals surface area contributed by atoms with Crippen LogP contribution < -0.4 is 9.47 Å². The summed E-state index contributed by atoms with van der Waals surface area (Å²) in [5.41, 5.74) is 1.70. The largest absolute Gasteiger partial charge is 0.497 e. The van der Waals surface area contributed by atoms with Crippen LogP contribution in [0.2, 0.25) is 0 Å². The molecule has 29 heavy (non-hydrogen) atoms. The summed E-state index contributed by atoms with van der Waals surface area (Å²) in [6.45, 7) is 0. The van der Waals surface area contributed by atoms with Crippen LogP contribution in [0.4, 0.5) is 0 Å². The quantitative estimate of drug-likeness (QED) is 0.444. The number of aromatic nitrogens is 4. The maximum atomic E-state index is 5.74. The number of rotatable bonds is 8. The minimum absolute atomic E-state index is 0.488. The Morgan fingerprint density at radius 3 is 1.41 bits per heavy atom. The molecule has 8 nitrogen and oxygen atoms in total. The van der Waals surface area contributed by atoms with Gasteiger partial charge in [-0.2, -0.15) is 0 Å². The zero-order valence-corrected chi connectivity index (χ0v) is 16.2. The van der Waals surface area contributed by atoms with Gasteiger partial charge in [-0.15, -0.1) is 20.4 Å². The van der Waals surface area contributed by atoms with Gasteiger partial charge in [-0.25, -0.2) is 0 Å². The molecule has 0 bridgehead atoms. The number of hydrogen-bond acceptors (Lipinski definition) is 8. The van der Waals surface area contributed by atoms with E-state index in [9.17, 15) is 0 Å². The molecule has 0 aliphatic rings. The van der Waals surface area contributed by atoms with Gasteiger partial charge in [0.1, 0.15) is 11.5 Å². The molecule has 8 heteroatoms. The molecule has 4 rings (SSSR count). The molecule has 0 unspecified atom stereocenters. The monoisotopic (exact) mass is 392 g/mol. The van der Waals surface area contributed by atoms with E-state index in [0.717, 1.165) is 29.0 Å². The third kappa shape index (κ3) is 4.43. The summed E-state index contributed by atoms with van der Waals surface area (Å²) in [4.78, 5) is 0. The highest BCUT2D eigenvalue weighted by atomic mass is 16.5. The Morgan fingerprint density at radius 2 is 1.03 bits per heavy atom. The van der Waals surface area contributed by atoms with Crippen molar-refractivity contribution in [2.45, 2.75) is 19.3 Å². The summed E-state index contributed by atoms with van der Waals surface area (Å²) in [6.07, 6.45) is 2.02. The van der Waals surface area contributed by atoms with Gasteiger partial charge < -0.3 is 18.3 Å². The van der Waals surface area contributed by atoms with Gasteiger partial charge in [0.05, 0.1) is 14.2 Å². The van der Waals surface area contributed by atoms with Crippen molar-refractivity contribution in [2.24, 2.45) is 0 Å². The molecule has 0 amide bonds. The van der Waals surface area contributed by atoms with Crippen LogP contribution in [0, 0.1) is 0 Å². The SMILES string of the molecule is COc1ccc(-c2nnc(CCCc3nnc(-c4ccc(OC)cc4)o3)o2)cc1. The highest BCUT2D eigenvalue weighted by Crippen LogP contribution is 2.23. The van der Waals surface area contributed by atoms with Gasteiger partial charge in [-0.1, -0.05) is 0 Å². The molecule has 2 heterocycles. The van der Waals surface area contributed by atoms with E-state index in [4.69, 9.17) is 18.3 Å². The Balaban J connectivity index is 1.32. The number of nitrogens with zero attached hydrogens (tertiary/aromatic N) is 4. The van der Waals surface area contributed by atoms with Crippen molar-refractivity contribution in [3.63, 3.8) is 0 Å². The molecule has 2 aromatic heterocycles. The summed E-state index contributed by atoms with van der Waals surface area (Å²) < 4.78 is 21.8. The minimum Gasteiger partial charge on any atom is -0.497 e. The standard InChI is InChI=1S/C21H20N4O4/c1-26-16-10-6-14(7-11-16)20-24-22-18(28-20)4-3-5-19-23-25-21(29-19)15-8-12-17(27-2)13-9-15/h6-13H,3-5H2,1-2H3. The third-order valence-corrected chi connectivity index (χ3v) is 4.39. The van der Waals surface area contributed by atoms with Crippen molar-refractivity contribution in [3.05, 3.63) is 60.3 Å². The van der Waals surface area contributed by atoms with E-state index in [2.05, 4.69) is 20.4 Å². The molecule has 4 aromatic rings. The van der Waals surface area contributed by atoms with Crippen LogP contribution in [-0.4, -0.2) is 34.6 Å². The highest BCUT2D eigenvalue weighted by molar-refractivity contribution is 5.54. The van der Waals surface area contributed by atoms with E-state index in [1.807, 2.05) is 48.5 Å². The Bertz CT molecular complexity index is 969. The smallest absolute Gasteiger partial charge is 0.247 e. The van der Waals surface area contributed by atoms with Crippen molar-refractivity contribution in [1.82, 2.24) is 20.4 Å². The highest BCUT2D eigenvalue weighted by Gasteiger charge is 2.11. The summed E-state index contributed by atoms with van der Waals surface area (Å²) in [5.74, 6) is 3.69. The summed E-state index contributed by atoms with van der Waals surface area (Å²) >= 11 is 0. The lowest BCUT2D eigenvalue weighted by atomic mass is 10.2. The molecule has 148 valence electrons. The topological polar surface area (TPSA) is 96.3 Å². The predicted molar refractivity (Wildman–Crippen MR) is 105 cm³/mol. The molecule has 0 aliphatic carbocycles. The van der Waals surface area contributed by atoms with Gasteiger partial charge in [0, 0.05) is 24.0 Å². The number of methoxy groups -OCH3 is 2. The summed E-state index contributed by atoms with van der Waals surface area (Å²) in [5, 5.41) is 16.4. The predicted octanol–water partition coefficient (Wildman–Crippen LogP) is 3.98. The second kappa shape index (κ2) is 8.55. The molecule has 0 fully saturated rings. The first-order valence-corrected chi connectivity index (χ1v) is 9.19. The fourth-order valence-corrected chi connectivity index (χ4v) is 2.80. The molecule has 0 aliphatic heterocycles. The molecule has 0 radical (unpaired) electrons. The molecule has 0 saturated heterocycles. The number of benzene rings is 2. The van der Waals surface area contributed by atoms with E-state index >= 15 is 0 Å². The van der Waals surface area contributed by atoms with Crippen LogP contribution in [-0.2, 0) is 12.8 Å². The van der Waals surface area contributed by atoms with Crippen LogP contribution in [0.5, 0.6) is 11.5 Å². The van der Waals surface area contributed by atoms with Gasteiger partial charge in [0.2, 0.25) is 23.6 Å². The lowest BCUT2D eigenvalue weighted by Crippen LogP contribution is -1.90. The van der Waals surface area contributed by atoms with E-state index in [1.54, 1.807) is 14.2 Å². The molecule has 0 saturated carbocycles. The second-order valence-electron chi connectivity index (χ2n) is 6.31. The van der Waals surface area contributed by atoms with Crippen LogP contribution in [0.3, 0.4) is 0 Å². The number of aryl methyl sites for hydroxylation is 2. The van der Waals surface area contributed by atoms with Crippen LogP contribution in [0.25, 0.3) is 22.9 Å². The van der Waals surface area contributed by atoms with Crippen molar-refractivity contribution in [1.29, 1.82) is 0 Å². The molecule has 2 aromatic carbocycles. The minimum atomic E-state index is 0.488. The summed E-state index contributed by atoms with van der Waals surface area (Å²) in [6, 6.07) is 15.0. The van der Waals surface area contributed by atoms with Crippen molar-refractivity contribution in [3.8, 4) is 34.4 Å². The first kappa shape index (κ1) is 18.7. The fraction of sp³-hybridized carbons (Fsp3) is 0.238. The van der Waals surface area contributed by atoms with Crippen LogP contribution in [0.1, 0.15) is 18.2 Å². The molecule has 0 N–H and O–H groups in total. The fourth-order valence-electron chi connectivity index (χ4n) is 2.80. The Labute approximate surface area is 167 Å². The van der Waals surface area contributed by atoms with Crippen LogP contribution in [0.15, 0.2) is 57.4 Å². The zero-order valence-electron chi connectivity index (χ0n) is 16.2. The van der Waals surface area contributed by atoms with Gasteiger partial charge >= 0.3 is 0 Å². The lowest BCUT2D eigenvalue weighted by Gasteiger charge is -1.99. The summed E-state index contributed by atoms with van der Waals surface area (Å²) in [7, 11) is 3.26. The molecular formula is C21H20N4O4. The van der Waals surface area contributed by atoms with Gasteiger partial charge in [-0.05, 0) is 55.0 Å². The first-order valence-electron chi connectivity index (χ1n) is 9.19. The van der Waals surface area contributed by atoms with Gasteiger partial charge in [-0.3, -0.25) is 0 Å². The van der Waals surface area contributed by atoms with Crippen molar-refractivity contribution >= 4 is 0 Å². The maximum absolute atomic E-state index is 5.74. The lowest BCUT2D eigenvalue weighted by molar-refractivity contribution is 0.414. The average molecular weight is 392 g/mol. The van der Waals surface area contributed by atoms with E-state index in [1.165, 1.54) is 0 Å². The van der Waals surface area contributed by atoms with E-state index < -0.39 is 0 Å². The normalized spacial score (nSPS) is 10.8. The second-order valence-corrected chi connectivity index (χ2v) is 6.31. The van der Waals surface area contributed by atoms with Crippen molar-refractivity contribution < 1.29 is 18.3 Å². The first-order chi connectivity index (χ1) is 14.2. The Hall–Kier alpha value is -3.68. The maximum Gasteiger partial charge on any atom is 0.247 e. The molecule has 0 atom stereocenters. The third-order valence-electron chi connectivity index (χ3n) is 4.39. The van der Waals surface area contributed by atoms with Gasteiger partial charge in [0.25, 0.3) is 0 Å². The van der Waals surface area contributed by atoms with E-state index in [-0.39, 0.29) is 0 Å². The number of hydrogen-bond donors (Lipinski definition) is 0. The Kier molecular flexibility index (Phi) is 5.51. The van der Waals surface area contributed by atoms with E-state index in [0.29, 0.717) is 36.4 Å². The molecule has 0 spiro atoms. The van der Waals surface area contributed by atoms with Gasteiger partial charge in [0.15, 0.2) is 0 Å². The zero-order chi connectivity index (χ0) is 20.1.